The molecule has 0 amide bonds. The molecule has 2 aromatic rings. The maximum atomic E-state index is 10.8. The van der Waals surface area contributed by atoms with Crippen molar-refractivity contribution in [3.05, 3.63) is 45.9 Å². The molecule has 0 aliphatic carbocycles. The van der Waals surface area contributed by atoms with Crippen LogP contribution in [0.1, 0.15) is 30.8 Å². The molecule has 1 unspecified atom stereocenters. The molecule has 6 heteroatoms. The number of rotatable bonds is 5. The second-order valence-electron chi connectivity index (χ2n) is 4.88. The Labute approximate surface area is 117 Å². The van der Waals surface area contributed by atoms with Gasteiger partial charge in [-0.15, -0.1) is 0 Å². The van der Waals surface area contributed by atoms with Gasteiger partial charge >= 0.3 is 0 Å². The van der Waals surface area contributed by atoms with Crippen LogP contribution in [0.4, 0.5) is 5.69 Å². The molecule has 0 spiro atoms. The third kappa shape index (κ3) is 2.85. The van der Waals surface area contributed by atoms with Crippen molar-refractivity contribution in [2.45, 2.75) is 26.2 Å². The van der Waals surface area contributed by atoms with Gasteiger partial charge in [0.15, 0.2) is 0 Å². The molecule has 1 heterocycles. The van der Waals surface area contributed by atoms with Crippen LogP contribution in [0, 0.1) is 17.0 Å². The molecule has 0 bridgehead atoms. The number of hydrogen-bond donors (Lipinski definition) is 2. The average Bonchev–Trinajstić information content (AvgIpc) is 2.81. The van der Waals surface area contributed by atoms with Crippen molar-refractivity contribution in [2.75, 3.05) is 6.54 Å². The van der Waals surface area contributed by atoms with Crippen LogP contribution in [0.2, 0.25) is 0 Å². The Morgan fingerprint density at radius 2 is 2.25 bits per heavy atom. The van der Waals surface area contributed by atoms with Crippen LogP contribution in [0.5, 0.6) is 0 Å². The van der Waals surface area contributed by atoms with E-state index in [1.165, 1.54) is 6.07 Å². The van der Waals surface area contributed by atoms with Crippen LogP contribution < -0.4 is 5.73 Å². The SMILES string of the molecule is Cc1[nH]c(C(C)CCN)nc1-c1cccc([N+](=O)[O-])c1. The summed E-state index contributed by atoms with van der Waals surface area (Å²) in [6.07, 6.45) is 0.849. The molecule has 3 N–H and O–H groups in total. The quantitative estimate of drug-likeness (QED) is 0.647. The van der Waals surface area contributed by atoms with E-state index in [9.17, 15) is 10.1 Å². The molecule has 0 fully saturated rings. The first-order valence-corrected chi connectivity index (χ1v) is 6.54. The summed E-state index contributed by atoms with van der Waals surface area (Å²) >= 11 is 0. The van der Waals surface area contributed by atoms with Gasteiger partial charge in [-0.1, -0.05) is 19.1 Å². The van der Waals surface area contributed by atoms with E-state index < -0.39 is 4.92 Å². The first-order chi connectivity index (χ1) is 9.52. The molecule has 0 radical (unpaired) electrons. The minimum absolute atomic E-state index is 0.0708. The molecule has 1 atom stereocenters. The zero-order valence-electron chi connectivity index (χ0n) is 11.6. The number of imidazole rings is 1. The Hall–Kier alpha value is -2.21. The predicted molar refractivity (Wildman–Crippen MR) is 77.5 cm³/mol. The Kier molecular flexibility index (Phi) is 4.14. The fourth-order valence-electron chi connectivity index (χ4n) is 2.15. The van der Waals surface area contributed by atoms with Gasteiger partial charge in [0, 0.05) is 29.3 Å². The minimum Gasteiger partial charge on any atom is -0.345 e. The fourth-order valence-corrected chi connectivity index (χ4v) is 2.15. The van der Waals surface area contributed by atoms with Gasteiger partial charge in [0.1, 0.15) is 5.82 Å². The summed E-state index contributed by atoms with van der Waals surface area (Å²) < 4.78 is 0. The molecule has 20 heavy (non-hydrogen) atoms. The number of aromatic amines is 1. The van der Waals surface area contributed by atoms with Crippen molar-refractivity contribution in [3.63, 3.8) is 0 Å². The van der Waals surface area contributed by atoms with E-state index in [1.54, 1.807) is 12.1 Å². The predicted octanol–water partition coefficient (Wildman–Crippen LogP) is 2.75. The lowest BCUT2D eigenvalue weighted by Crippen LogP contribution is -2.05. The van der Waals surface area contributed by atoms with E-state index in [1.807, 2.05) is 13.0 Å². The van der Waals surface area contributed by atoms with Gasteiger partial charge in [0.2, 0.25) is 0 Å². The number of nitrogens with zero attached hydrogens (tertiary/aromatic N) is 2. The number of nitrogens with one attached hydrogen (secondary N) is 1. The lowest BCUT2D eigenvalue weighted by atomic mass is 10.1. The van der Waals surface area contributed by atoms with Crippen LogP contribution in [0.15, 0.2) is 24.3 Å². The van der Waals surface area contributed by atoms with E-state index in [4.69, 9.17) is 5.73 Å². The summed E-state index contributed by atoms with van der Waals surface area (Å²) in [7, 11) is 0. The van der Waals surface area contributed by atoms with Crippen molar-refractivity contribution < 1.29 is 4.92 Å². The van der Waals surface area contributed by atoms with Crippen molar-refractivity contribution in [1.82, 2.24) is 9.97 Å². The number of aromatic nitrogens is 2. The first-order valence-electron chi connectivity index (χ1n) is 6.54. The number of nitro benzene ring substituents is 1. The highest BCUT2D eigenvalue weighted by Crippen LogP contribution is 2.27. The van der Waals surface area contributed by atoms with Gasteiger partial charge in [-0.05, 0) is 19.9 Å². The molecule has 2 rings (SSSR count). The summed E-state index contributed by atoms with van der Waals surface area (Å²) in [6, 6.07) is 6.52. The number of nitrogens with two attached hydrogens (primary N) is 1. The van der Waals surface area contributed by atoms with E-state index in [0.717, 1.165) is 29.2 Å². The molecule has 0 aliphatic heterocycles. The lowest BCUT2D eigenvalue weighted by molar-refractivity contribution is -0.384. The van der Waals surface area contributed by atoms with Crippen molar-refractivity contribution in [3.8, 4) is 11.3 Å². The second kappa shape index (κ2) is 5.83. The van der Waals surface area contributed by atoms with E-state index >= 15 is 0 Å². The zero-order valence-corrected chi connectivity index (χ0v) is 11.6. The van der Waals surface area contributed by atoms with E-state index in [0.29, 0.717) is 6.54 Å². The molecule has 0 aliphatic rings. The summed E-state index contributed by atoms with van der Waals surface area (Å²) in [5.74, 6) is 1.11. The van der Waals surface area contributed by atoms with Crippen LogP contribution in [-0.2, 0) is 0 Å². The molecule has 6 nitrogen and oxygen atoms in total. The van der Waals surface area contributed by atoms with Gasteiger partial charge in [-0.25, -0.2) is 4.98 Å². The molecule has 1 aromatic heterocycles. The Morgan fingerprint density at radius 3 is 2.90 bits per heavy atom. The zero-order chi connectivity index (χ0) is 14.7. The molecule has 0 saturated carbocycles. The van der Waals surface area contributed by atoms with E-state index in [-0.39, 0.29) is 11.6 Å². The van der Waals surface area contributed by atoms with E-state index in [2.05, 4.69) is 16.9 Å². The van der Waals surface area contributed by atoms with Crippen LogP contribution >= 0.6 is 0 Å². The number of aryl methyl sites for hydroxylation is 1. The number of hydrogen-bond acceptors (Lipinski definition) is 4. The van der Waals surface area contributed by atoms with Crippen LogP contribution in [-0.4, -0.2) is 21.4 Å². The monoisotopic (exact) mass is 274 g/mol. The lowest BCUT2D eigenvalue weighted by Gasteiger charge is -2.05. The molecular formula is C14H18N4O2. The second-order valence-corrected chi connectivity index (χ2v) is 4.88. The smallest absolute Gasteiger partial charge is 0.270 e. The summed E-state index contributed by atoms with van der Waals surface area (Å²) in [5.41, 5.74) is 8.04. The number of H-pyrrole nitrogens is 1. The normalized spacial score (nSPS) is 12.3. The van der Waals surface area contributed by atoms with Gasteiger partial charge in [0.25, 0.3) is 5.69 Å². The maximum absolute atomic E-state index is 10.8. The Balaban J connectivity index is 2.38. The highest BCUT2D eigenvalue weighted by atomic mass is 16.6. The molecule has 0 saturated heterocycles. The summed E-state index contributed by atoms with van der Waals surface area (Å²) in [6.45, 7) is 4.58. The van der Waals surface area contributed by atoms with Gasteiger partial charge < -0.3 is 10.7 Å². The third-order valence-electron chi connectivity index (χ3n) is 3.30. The van der Waals surface area contributed by atoms with Crippen LogP contribution in [0.3, 0.4) is 0 Å². The van der Waals surface area contributed by atoms with Crippen molar-refractivity contribution >= 4 is 5.69 Å². The topological polar surface area (TPSA) is 97.8 Å². The maximum Gasteiger partial charge on any atom is 0.270 e. The van der Waals surface area contributed by atoms with Crippen molar-refractivity contribution in [1.29, 1.82) is 0 Å². The standard InChI is InChI=1S/C14H18N4O2/c1-9(6-7-15)14-16-10(2)13(17-14)11-4-3-5-12(8-11)18(19)20/h3-5,8-9H,6-7,15H2,1-2H3,(H,16,17). The van der Waals surface area contributed by atoms with Gasteiger partial charge in [0.05, 0.1) is 10.6 Å². The molecule has 1 aromatic carbocycles. The summed E-state index contributed by atoms with van der Waals surface area (Å²) in [4.78, 5) is 18.2. The summed E-state index contributed by atoms with van der Waals surface area (Å²) in [5, 5.41) is 10.8. The fraction of sp³-hybridized carbons (Fsp3) is 0.357. The van der Waals surface area contributed by atoms with Crippen LogP contribution in [0.25, 0.3) is 11.3 Å². The number of nitro groups is 1. The highest BCUT2D eigenvalue weighted by molar-refractivity contribution is 5.64. The molecular weight excluding hydrogens is 256 g/mol. The van der Waals surface area contributed by atoms with Gasteiger partial charge in [-0.3, -0.25) is 10.1 Å². The highest BCUT2D eigenvalue weighted by Gasteiger charge is 2.15. The Morgan fingerprint density at radius 1 is 1.50 bits per heavy atom. The largest absolute Gasteiger partial charge is 0.345 e. The first kappa shape index (κ1) is 14.2. The Bertz CT molecular complexity index is 621. The minimum atomic E-state index is -0.399. The number of non-ortho nitro benzene ring substituents is 1. The third-order valence-corrected chi connectivity index (χ3v) is 3.30. The van der Waals surface area contributed by atoms with Crippen molar-refractivity contribution in [2.24, 2.45) is 5.73 Å². The molecule has 106 valence electrons. The van der Waals surface area contributed by atoms with Gasteiger partial charge in [-0.2, -0.15) is 0 Å². The average molecular weight is 274 g/mol. The number of benzene rings is 1.